The average Bonchev–Trinajstić information content (AvgIpc) is 3.09. The Morgan fingerprint density at radius 2 is 1.88 bits per heavy atom. The maximum absolute atomic E-state index is 13.2. The summed E-state index contributed by atoms with van der Waals surface area (Å²) in [6.45, 7) is 2.66. The Labute approximate surface area is 194 Å². The quantitative estimate of drug-likeness (QED) is 0.561. The van der Waals surface area contributed by atoms with Crippen LogP contribution >= 0.6 is 11.6 Å². The molecule has 3 aromatic rings. The van der Waals surface area contributed by atoms with Gasteiger partial charge in [-0.3, -0.25) is 9.47 Å². The molecule has 7 nitrogen and oxygen atoms in total. The van der Waals surface area contributed by atoms with Gasteiger partial charge in [-0.15, -0.1) is 10.2 Å². The second kappa shape index (κ2) is 8.57. The molecule has 2 aliphatic rings. The van der Waals surface area contributed by atoms with Gasteiger partial charge in [0.05, 0.1) is 18.8 Å². The minimum absolute atomic E-state index is 0.0643. The van der Waals surface area contributed by atoms with Crippen LogP contribution in [0.3, 0.4) is 0 Å². The van der Waals surface area contributed by atoms with Crippen LogP contribution in [0.25, 0.3) is 5.69 Å². The van der Waals surface area contributed by atoms with Crippen LogP contribution in [0, 0.1) is 6.92 Å². The first-order chi connectivity index (χ1) is 15.8. The van der Waals surface area contributed by atoms with E-state index in [0.29, 0.717) is 10.8 Å². The number of halogens is 4. The number of fused-ring (bicyclic) bond motifs is 3. The molecule has 33 heavy (non-hydrogen) atoms. The second-order valence-corrected chi connectivity index (χ2v) is 9.04. The minimum atomic E-state index is -4.30. The highest BCUT2D eigenvalue weighted by atomic mass is 35.5. The molecule has 0 radical (unpaired) electrons. The molecule has 1 saturated heterocycles. The van der Waals surface area contributed by atoms with Crippen LogP contribution in [-0.2, 0) is 13.1 Å². The first-order valence-electron chi connectivity index (χ1n) is 10.8. The lowest BCUT2D eigenvalue weighted by atomic mass is 9.95. The van der Waals surface area contributed by atoms with Gasteiger partial charge in [-0.25, -0.2) is 9.97 Å². The van der Waals surface area contributed by atoms with Gasteiger partial charge < -0.3 is 4.90 Å². The van der Waals surface area contributed by atoms with Crippen molar-refractivity contribution in [3.63, 3.8) is 0 Å². The minimum Gasteiger partial charge on any atom is -0.341 e. The van der Waals surface area contributed by atoms with E-state index in [0.717, 1.165) is 54.6 Å². The van der Waals surface area contributed by atoms with E-state index in [-0.39, 0.29) is 19.0 Å². The second-order valence-electron chi connectivity index (χ2n) is 8.60. The van der Waals surface area contributed by atoms with Gasteiger partial charge in [0.2, 0.25) is 5.95 Å². The number of nitrogens with zero attached hydrogens (tertiary/aromatic N) is 7. The van der Waals surface area contributed by atoms with Crippen molar-refractivity contribution in [3.05, 3.63) is 58.4 Å². The van der Waals surface area contributed by atoms with Gasteiger partial charge in [0.25, 0.3) is 0 Å². The number of alkyl halides is 3. The fourth-order valence-electron chi connectivity index (χ4n) is 4.65. The molecule has 1 aromatic carbocycles. The number of aromatic nitrogens is 5. The molecule has 0 spiro atoms. The van der Waals surface area contributed by atoms with Gasteiger partial charge in [-0.05, 0) is 49.6 Å². The maximum Gasteiger partial charge on any atom is 0.401 e. The molecule has 174 valence electrons. The number of hydrogen-bond donors (Lipinski definition) is 0. The van der Waals surface area contributed by atoms with Crippen LogP contribution in [0.15, 0.2) is 30.5 Å². The highest BCUT2D eigenvalue weighted by molar-refractivity contribution is 6.30. The standard InChI is InChI=1S/C22H23ClF3N7/c1-14-4-7-27-21(28-14)32-8-5-15(6-9-32)20-30-29-19-12-31(13-22(24,25)26)11-16-10-17(23)2-3-18(16)33(19)20/h2-4,7,10,15H,5-6,8-9,11-13H2,1H3. The lowest BCUT2D eigenvalue weighted by Gasteiger charge is -2.31. The van der Waals surface area contributed by atoms with E-state index in [1.54, 1.807) is 18.3 Å². The van der Waals surface area contributed by atoms with Crippen molar-refractivity contribution < 1.29 is 13.2 Å². The average molecular weight is 478 g/mol. The predicted octanol–water partition coefficient (Wildman–Crippen LogP) is 4.28. The summed E-state index contributed by atoms with van der Waals surface area (Å²) >= 11 is 6.19. The van der Waals surface area contributed by atoms with Crippen molar-refractivity contribution >= 4 is 17.5 Å². The van der Waals surface area contributed by atoms with Crippen molar-refractivity contribution in [3.8, 4) is 5.69 Å². The summed E-state index contributed by atoms with van der Waals surface area (Å²) in [5.41, 5.74) is 2.45. The van der Waals surface area contributed by atoms with E-state index in [1.165, 1.54) is 4.90 Å². The van der Waals surface area contributed by atoms with Crippen molar-refractivity contribution in [1.82, 2.24) is 29.6 Å². The van der Waals surface area contributed by atoms with E-state index in [4.69, 9.17) is 11.6 Å². The molecule has 0 saturated carbocycles. The van der Waals surface area contributed by atoms with Gasteiger partial charge in [0.1, 0.15) is 5.82 Å². The molecule has 2 aliphatic heterocycles. The van der Waals surface area contributed by atoms with Crippen molar-refractivity contribution in [2.45, 2.75) is 44.9 Å². The molecule has 2 aromatic heterocycles. The molecular weight excluding hydrogens is 455 g/mol. The molecule has 0 N–H and O–H groups in total. The Kier molecular flexibility index (Phi) is 5.74. The zero-order chi connectivity index (χ0) is 23.2. The predicted molar refractivity (Wildman–Crippen MR) is 117 cm³/mol. The molecule has 0 aliphatic carbocycles. The number of piperidine rings is 1. The first-order valence-corrected chi connectivity index (χ1v) is 11.2. The third-order valence-corrected chi connectivity index (χ3v) is 6.36. The van der Waals surface area contributed by atoms with Gasteiger partial charge in [-0.2, -0.15) is 13.2 Å². The van der Waals surface area contributed by atoms with Gasteiger partial charge in [0, 0.05) is 42.5 Å². The zero-order valence-electron chi connectivity index (χ0n) is 18.1. The summed E-state index contributed by atoms with van der Waals surface area (Å²) in [5.74, 6) is 2.15. The smallest absolute Gasteiger partial charge is 0.341 e. The lowest BCUT2D eigenvalue weighted by molar-refractivity contribution is -0.148. The van der Waals surface area contributed by atoms with Crippen molar-refractivity contribution in [2.24, 2.45) is 0 Å². The molecule has 0 unspecified atom stereocenters. The van der Waals surface area contributed by atoms with Gasteiger partial charge >= 0.3 is 6.18 Å². The van der Waals surface area contributed by atoms with Crippen LogP contribution in [0.5, 0.6) is 0 Å². The number of hydrogen-bond acceptors (Lipinski definition) is 6. The lowest BCUT2D eigenvalue weighted by Crippen LogP contribution is -2.35. The fraction of sp³-hybridized carbons (Fsp3) is 0.455. The Balaban J connectivity index is 1.44. The van der Waals surface area contributed by atoms with Crippen molar-refractivity contribution in [2.75, 3.05) is 24.5 Å². The third-order valence-electron chi connectivity index (χ3n) is 6.12. The van der Waals surface area contributed by atoms with Crippen LogP contribution in [0.1, 0.15) is 41.7 Å². The Morgan fingerprint density at radius 3 is 2.61 bits per heavy atom. The van der Waals surface area contributed by atoms with Gasteiger partial charge in [0.15, 0.2) is 5.82 Å². The summed E-state index contributed by atoms with van der Waals surface area (Å²) in [7, 11) is 0. The maximum atomic E-state index is 13.2. The molecule has 0 amide bonds. The Morgan fingerprint density at radius 1 is 1.09 bits per heavy atom. The highest BCUT2D eigenvalue weighted by Gasteiger charge is 2.35. The number of anilines is 1. The monoisotopic (exact) mass is 477 g/mol. The van der Waals surface area contributed by atoms with E-state index < -0.39 is 12.7 Å². The zero-order valence-corrected chi connectivity index (χ0v) is 18.8. The molecule has 0 bridgehead atoms. The molecule has 1 fully saturated rings. The van der Waals surface area contributed by atoms with E-state index in [9.17, 15) is 13.2 Å². The molecule has 0 atom stereocenters. The van der Waals surface area contributed by atoms with Crippen LogP contribution in [-0.4, -0.2) is 55.4 Å². The topological polar surface area (TPSA) is 63.0 Å². The first kappa shape index (κ1) is 22.1. The summed E-state index contributed by atoms with van der Waals surface area (Å²) in [6.07, 6.45) is -0.895. The number of aryl methyl sites for hydroxylation is 1. The summed E-state index contributed by atoms with van der Waals surface area (Å²) in [6, 6.07) is 7.20. The Hall–Kier alpha value is -2.72. The molecule has 4 heterocycles. The molecular formula is C22H23ClF3N7. The SMILES string of the molecule is Cc1ccnc(N2CCC(c3nnc4n3-c3ccc(Cl)cc3CN(CC(F)(F)F)C4)CC2)n1. The van der Waals surface area contributed by atoms with E-state index >= 15 is 0 Å². The van der Waals surface area contributed by atoms with E-state index in [1.807, 2.05) is 23.6 Å². The molecule has 11 heteroatoms. The largest absolute Gasteiger partial charge is 0.401 e. The van der Waals surface area contributed by atoms with Crippen LogP contribution in [0.2, 0.25) is 5.02 Å². The van der Waals surface area contributed by atoms with Gasteiger partial charge in [-0.1, -0.05) is 11.6 Å². The fourth-order valence-corrected chi connectivity index (χ4v) is 4.84. The van der Waals surface area contributed by atoms with Crippen LogP contribution in [0.4, 0.5) is 19.1 Å². The Bertz CT molecular complexity index is 1160. The number of benzene rings is 1. The third kappa shape index (κ3) is 4.67. The highest BCUT2D eigenvalue weighted by Crippen LogP contribution is 2.34. The normalized spacial score (nSPS) is 17.5. The summed E-state index contributed by atoms with van der Waals surface area (Å²) in [4.78, 5) is 12.4. The summed E-state index contributed by atoms with van der Waals surface area (Å²) in [5, 5.41) is 9.26. The van der Waals surface area contributed by atoms with Crippen LogP contribution < -0.4 is 4.90 Å². The van der Waals surface area contributed by atoms with E-state index in [2.05, 4.69) is 25.1 Å². The van der Waals surface area contributed by atoms with Crippen molar-refractivity contribution in [1.29, 1.82) is 0 Å². The number of rotatable bonds is 3. The summed E-state index contributed by atoms with van der Waals surface area (Å²) < 4.78 is 41.5. The molecule has 5 rings (SSSR count).